The standard InChI is InChI=1S/C23H21F6N7O2/c24-22(25,26)13-38-21-34-19(33-20(35-21)32-17-5-1-4-15(11-17)23(27,28)29)31-16-6-9-36(10-7-16)18(37)14-3-2-8-30-12-14/h1-5,8,11-12,16H,6-7,9-10,13H2,(H2,31,32,33,34,35). The molecule has 1 fully saturated rings. The Kier molecular flexibility index (Phi) is 7.83. The summed E-state index contributed by atoms with van der Waals surface area (Å²) >= 11 is 0. The molecule has 202 valence electrons. The Morgan fingerprint density at radius 2 is 1.74 bits per heavy atom. The number of carbonyl (C=O) groups excluding carboxylic acids is 1. The molecule has 1 aromatic carbocycles. The minimum Gasteiger partial charge on any atom is -0.454 e. The fraction of sp³-hybridized carbons (Fsp3) is 0.348. The molecule has 3 aromatic rings. The van der Waals surface area contributed by atoms with Gasteiger partial charge >= 0.3 is 18.4 Å². The first-order valence-corrected chi connectivity index (χ1v) is 11.3. The van der Waals surface area contributed by atoms with E-state index in [2.05, 4.69) is 35.3 Å². The van der Waals surface area contributed by atoms with Crippen molar-refractivity contribution >= 4 is 23.5 Å². The van der Waals surface area contributed by atoms with E-state index in [1.807, 2.05) is 0 Å². The van der Waals surface area contributed by atoms with Crippen molar-refractivity contribution in [2.75, 3.05) is 30.3 Å². The number of anilines is 3. The third-order valence-electron chi connectivity index (χ3n) is 5.45. The second kappa shape index (κ2) is 11.1. The summed E-state index contributed by atoms with van der Waals surface area (Å²) < 4.78 is 81.8. The van der Waals surface area contributed by atoms with Crippen LogP contribution < -0.4 is 15.4 Å². The number of hydrogen-bond acceptors (Lipinski definition) is 8. The summed E-state index contributed by atoms with van der Waals surface area (Å²) in [5, 5.41) is 5.54. The van der Waals surface area contributed by atoms with Gasteiger partial charge in [-0.05, 0) is 43.2 Å². The molecule has 15 heteroatoms. The Bertz CT molecular complexity index is 1250. The maximum atomic E-state index is 13.0. The molecule has 2 N–H and O–H groups in total. The Morgan fingerprint density at radius 1 is 1.00 bits per heavy atom. The molecule has 1 aliphatic rings. The van der Waals surface area contributed by atoms with Gasteiger partial charge < -0.3 is 20.3 Å². The van der Waals surface area contributed by atoms with Crippen LogP contribution in [0.2, 0.25) is 0 Å². The lowest BCUT2D eigenvalue weighted by Gasteiger charge is -2.32. The number of amides is 1. The third kappa shape index (κ3) is 7.43. The Hall–Kier alpha value is -4.17. The summed E-state index contributed by atoms with van der Waals surface area (Å²) in [7, 11) is 0. The highest BCUT2D eigenvalue weighted by Crippen LogP contribution is 2.31. The van der Waals surface area contributed by atoms with E-state index in [9.17, 15) is 31.1 Å². The van der Waals surface area contributed by atoms with Gasteiger partial charge in [0.15, 0.2) is 6.61 Å². The normalized spacial score (nSPS) is 14.7. The zero-order chi connectivity index (χ0) is 27.3. The monoisotopic (exact) mass is 541 g/mol. The average molecular weight is 541 g/mol. The molecule has 1 saturated heterocycles. The topological polar surface area (TPSA) is 105 Å². The van der Waals surface area contributed by atoms with Crippen LogP contribution in [0, 0.1) is 0 Å². The van der Waals surface area contributed by atoms with Gasteiger partial charge in [0.05, 0.1) is 11.1 Å². The maximum Gasteiger partial charge on any atom is 0.422 e. The van der Waals surface area contributed by atoms with Gasteiger partial charge in [-0.25, -0.2) is 0 Å². The van der Waals surface area contributed by atoms with Crippen molar-refractivity contribution in [3.05, 3.63) is 59.9 Å². The van der Waals surface area contributed by atoms with Crippen molar-refractivity contribution in [1.29, 1.82) is 0 Å². The molecule has 9 nitrogen and oxygen atoms in total. The van der Waals surface area contributed by atoms with E-state index in [4.69, 9.17) is 0 Å². The Labute approximate surface area is 212 Å². The summed E-state index contributed by atoms with van der Waals surface area (Å²) in [6.07, 6.45) is -5.27. The van der Waals surface area contributed by atoms with Gasteiger partial charge in [0, 0.05) is 37.2 Å². The fourth-order valence-electron chi connectivity index (χ4n) is 3.67. The molecule has 38 heavy (non-hydrogen) atoms. The predicted octanol–water partition coefficient (Wildman–Crippen LogP) is 4.69. The van der Waals surface area contributed by atoms with Crippen molar-refractivity contribution in [2.24, 2.45) is 0 Å². The molecule has 3 heterocycles. The van der Waals surface area contributed by atoms with Crippen LogP contribution in [-0.2, 0) is 6.18 Å². The number of rotatable bonds is 7. The van der Waals surface area contributed by atoms with Crippen LogP contribution in [0.5, 0.6) is 6.01 Å². The number of hydrogen-bond donors (Lipinski definition) is 2. The number of halogens is 6. The number of nitrogens with zero attached hydrogens (tertiary/aromatic N) is 5. The van der Waals surface area contributed by atoms with Crippen LogP contribution in [0.4, 0.5) is 43.9 Å². The summed E-state index contributed by atoms with van der Waals surface area (Å²) in [5.41, 5.74) is -0.523. The molecule has 0 aliphatic carbocycles. The molecule has 0 unspecified atom stereocenters. The minimum absolute atomic E-state index is 0.0408. The molecule has 0 radical (unpaired) electrons. The Balaban J connectivity index is 1.47. The highest BCUT2D eigenvalue weighted by atomic mass is 19.4. The van der Waals surface area contributed by atoms with E-state index < -0.39 is 30.5 Å². The number of benzene rings is 1. The molecular formula is C23H21F6N7O2. The third-order valence-corrected chi connectivity index (χ3v) is 5.45. The lowest BCUT2D eigenvalue weighted by Crippen LogP contribution is -2.42. The first-order chi connectivity index (χ1) is 18.0. The lowest BCUT2D eigenvalue weighted by molar-refractivity contribution is -0.154. The van der Waals surface area contributed by atoms with Crippen LogP contribution >= 0.6 is 0 Å². The zero-order valence-corrected chi connectivity index (χ0v) is 19.6. The number of carbonyl (C=O) groups is 1. The van der Waals surface area contributed by atoms with Gasteiger partial charge in [-0.2, -0.15) is 41.3 Å². The smallest absolute Gasteiger partial charge is 0.422 e. The summed E-state index contributed by atoms with van der Waals surface area (Å²) in [6.45, 7) is -0.888. The SMILES string of the molecule is O=C(c1cccnc1)N1CCC(Nc2nc(Nc3cccc(C(F)(F)F)c3)nc(OCC(F)(F)F)n2)CC1. The molecule has 1 amide bonds. The van der Waals surface area contributed by atoms with Crippen LogP contribution in [0.3, 0.4) is 0 Å². The quantitative estimate of drug-likeness (QED) is 0.416. The molecule has 2 aromatic heterocycles. The van der Waals surface area contributed by atoms with Gasteiger partial charge in [-0.3, -0.25) is 9.78 Å². The second-order valence-corrected chi connectivity index (χ2v) is 8.33. The van der Waals surface area contributed by atoms with Crippen molar-refractivity contribution in [2.45, 2.75) is 31.2 Å². The zero-order valence-electron chi connectivity index (χ0n) is 19.6. The summed E-state index contributed by atoms with van der Waals surface area (Å²) in [4.78, 5) is 29.9. The number of nitrogens with one attached hydrogen (secondary N) is 2. The first-order valence-electron chi connectivity index (χ1n) is 11.3. The molecule has 0 spiro atoms. The average Bonchev–Trinajstić information content (AvgIpc) is 2.87. The van der Waals surface area contributed by atoms with Gasteiger partial charge in [-0.1, -0.05) is 6.07 Å². The number of likely N-dealkylation sites (tertiary alicyclic amines) is 1. The maximum absolute atomic E-state index is 13.0. The van der Waals surface area contributed by atoms with Crippen LogP contribution in [-0.4, -0.2) is 62.7 Å². The fourth-order valence-corrected chi connectivity index (χ4v) is 3.67. The molecule has 0 bridgehead atoms. The van der Waals surface area contributed by atoms with Gasteiger partial charge in [-0.15, -0.1) is 0 Å². The number of piperidine rings is 1. The van der Waals surface area contributed by atoms with E-state index in [1.165, 1.54) is 12.3 Å². The van der Waals surface area contributed by atoms with E-state index in [1.54, 1.807) is 23.2 Å². The highest BCUT2D eigenvalue weighted by Gasteiger charge is 2.31. The van der Waals surface area contributed by atoms with Crippen LogP contribution in [0.1, 0.15) is 28.8 Å². The van der Waals surface area contributed by atoms with Crippen molar-refractivity contribution in [1.82, 2.24) is 24.8 Å². The molecular weight excluding hydrogens is 520 g/mol. The van der Waals surface area contributed by atoms with Gasteiger partial charge in [0.25, 0.3) is 5.91 Å². The van der Waals surface area contributed by atoms with Crippen LogP contribution in [0.15, 0.2) is 48.8 Å². The number of pyridine rings is 1. The van der Waals surface area contributed by atoms with Crippen LogP contribution in [0.25, 0.3) is 0 Å². The lowest BCUT2D eigenvalue weighted by atomic mass is 10.0. The van der Waals surface area contributed by atoms with E-state index in [0.29, 0.717) is 31.5 Å². The van der Waals surface area contributed by atoms with Gasteiger partial charge in [0.1, 0.15) is 0 Å². The van der Waals surface area contributed by atoms with Gasteiger partial charge in [0.2, 0.25) is 11.9 Å². The van der Waals surface area contributed by atoms with E-state index in [0.717, 1.165) is 18.2 Å². The van der Waals surface area contributed by atoms with E-state index >= 15 is 0 Å². The molecule has 0 atom stereocenters. The number of ether oxygens (including phenoxy) is 1. The number of alkyl halides is 6. The summed E-state index contributed by atoms with van der Waals surface area (Å²) in [5.74, 6) is -0.626. The number of aromatic nitrogens is 4. The predicted molar refractivity (Wildman–Crippen MR) is 123 cm³/mol. The molecule has 0 saturated carbocycles. The molecule has 4 rings (SSSR count). The van der Waals surface area contributed by atoms with E-state index in [-0.39, 0.29) is 29.5 Å². The second-order valence-electron chi connectivity index (χ2n) is 8.33. The Morgan fingerprint density at radius 3 is 2.39 bits per heavy atom. The highest BCUT2D eigenvalue weighted by molar-refractivity contribution is 5.93. The first kappa shape index (κ1) is 26.9. The van der Waals surface area contributed by atoms with Crippen molar-refractivity contribution < 1.29 is 35.9 Å². The van der Waals surface area contributed by atoms with Crippen molar-refractivity contribution in [3.63, 3.8) is 0 Å². The summed E-state index contributed by atoms with van der Waals surface area (Å²) in [6, 6.07) is 6.56. The minimum atomic E-state index is -4.66. The molecule has 1 aliphatic heterocycles. The largest absolute Gasteiger partial charge is 0.454 e. The van der Waals surface area contributed by atoms with Crippen molar-refractivity contribution in [3.8, 4) is 6.01 Å².